The second kappa shape index (κ2) is 4.97. The van der Waals surface area contributed by atoms with Crippen LogP contribution in [0.2, 0.25) is 0 Å². The van der Waals surface area contributed by atoms with Crippen molar-refractivity contribution in [3.05, 3.63) is 0 Å². The molecule has 1 spiro atoms. The third-order valence-corrected chi connectivity index (χ3v) is 5.52. The molecule has 0 atom stereocenters. The first kappa shape index (κ1) is 13.8. The number of likely N-dealkylation sites (tertiary alicyclic amines) is 3. The van der Waals surface area contributed by atoms with Crippen LogP contribution in [0, 0.1) is 5.41 Å². The van der Waals surface area contributed by atoms with Gasteiger partial charge < -0.3 is 14.7 Å². The van der Waals surface area contributed by atoms with Crippen LogP contribution < -0.4 is 0 Å². The number of halogens is 1. The lowest BCUT2D eigenvalue weighted by Crippen LogP contribution is -2.59. The standard InChI is InChI=1S/C15H28FN3/c1-17-7-5-15(16,6-8-17)13-19-9-3-14(4-10-19)11-18(2)12-14/h3-13H2,1-2H3. The minimum atomic E-state index is -0.923. The molecule has 0 bridgehead atoms. The van der Waals surface area contributed by atoms with Gasteiger partial charge in [-0.25, -0.2) is 4.39 Å². The van der Waals surface area contributed by atoms with Gasteiger partial charge in [0.25, 0.3) is 0 Å². The van der Waals surface area contributed by atoms with Gasteiger partial charge in [-0.05, 0) is 58.3 Å². The normalized spacial score (nSPS) is 32.4. The summed E-state index contributed by atoms with van der Waals surface area (Å²) in [6.45, 7) is 7.23. The first-order chi connectivity index (χ1) is 8.99. The van der Waals surface area contributed by atoms with Crippen molar-refractivity contribution in [3.8, 4) is 0 Å². The Labute approximate surface area is 116 Å². The average molecular weight is 269 g/mol. The lowest BCUT2D eigenvalue weighted by molar-refractivity contribution is -0.0483. The molecular formula is C15H28FN3. The molecule has 3 heterocycles. The molecule has 3 saturated heterocycles. The molecule has 3 aliphatic heterocycles. The maximum atomic E-state index is 14.8. The van der Waals surface area contributed by atoms with Gasteiger partial charge in [-0.3, -0.25) is 0 Å². The van der Waals surface area contributed by atoms with Crippen molar-refractivity contribution in [3.63, 3.8) is 0 Å². The molecule has 0 saturated carbocycles. The van der Waals surface area contributed by atoms with Crippen LogP contribution in [0.3, 0.4) is 0 Å². The number of hydrogen-bond donors (Lipinski definition) is 0. The molecule has 0 aromatic carbocycles. The van der Waals surface area contributed by atoms with Crippen LogP contribution in [0.25, 0.3) is 0 Å². The van der Waals surface area contributed by atoms with Crippen molar-refractivity contribution in [2.75, 3.05) is 59.9 Å². The average Bonchev–Trinajstić information content (AvgIpc) is 2.35. The summed E-state index contributed by atoms with van der Waals surface area (Å²) in [7, 11) is 4.30. The minimum Gasteiger partial charge on any atom is -0.306 e. The third-order valence-electron chi connectivity index (χ3n) is 5.52. The molecule has 19 heavy (non-hydrogen) atoms. The van der Waals surface area contributed by atoms with E-state index in [2.05, 4.69) is 28.8 Å². The highest BCUT2D eigenvalue weighted by molar-refractivity contribution is 4.98. The molecule has 0 unspecified atom stereocenters. The molecule has 0 aliphatic carbocycles. The predicted molar refractivity (Wildman–Crippen MR) is 76.2 cm³/mol. The zero-order valence-corrected chi connectivity index (χ0v) is 12.5. The fourth-order valence-electron chi connectivity index (χ4n) is 4.18. The monoisotopic (exact) mass is 269 g/mol. The van der Waals surface area contributed by atoms with E-state index in [-0.39, 0.29) is 0 Å². The van der Waals surface area contributed by atoms with E-state index in [4.69, 9.17) is 0 Å². The number of piperidine rings is 2. The summed E-state index contributed by atoms with van der Waals surface area (Å²) >= 11 is 0. The topological polar surface area (TPSA) is 9.72 Å². The Kier molecular flexibility index (Phi) is 3.61. The molecular weight excluding hydrogens is 241 g/mol. The predicted octanol–water partition coefficient (Wildman–Crippen LogP) is 1.45. The van der Waals surface area contributed by atoms with Crippen molar-refractivity contribution in [2.45, 2.75) is 31.4 Å². The molecule has 3 rings (SSSR count). The second-order valence-electron chi connectivity index (χ2n) is 7.40. The Morgan fingerprint density at radius 3 is 1.95 bits per heavy atom. The van der Waals surface area contributed by atoms with E-state index < -0.39 is 5.67 Å². The number of rotatable bonds is 2. The van der Waals surface area contributed by atoms with E-state index in [1.165, 1.54) is 25.9 Å². The van der Waals surface area contributed by atoms with Gasteiger partial charge in [0.15, 0.2) is 0 Å². The van der Waals surface area contributed by atoms with E-state index in [0.29, 0.717) is 24.8 Å². The quantitative estimate of drug-likeness (QED) is 0.751. The second-order valence-corrected chi connectivity index (χ2v) is 7.40. The fraction of sp³-hybridized carbons (Fsp3) is 1.00. The molecule has 4 heteroatoms. The van der Waals surface area contributed by atoms with Crippen LogP contribution in [0.4, 0.5) is 4.39 Å². The molecule has 3 aliphatic rings. The zero-order valence-electron chi connectivity index (χ0n) is 12.5. The Balaban J connectivity index is 1.47. The molecule has 110 valence electrons. The number of alkyl halides is 1. The van der Waals surface area contributed by atoms with Gasteiger partial charge in [-0.1, -0.05) is 0 Å². The molecule has 3 fully saturated rings. The molecule has 0 aromatic rings. The molecule has 0 aromatic heterocycles. The van der Waals surface area contributed by atoms with Gasteiger partial charge in [0.05, 0.1) is 0 Å². The highest BCUT2D eigenvalue weighted by Gasteiger charge is 2.44. The summed E-state index contributed by atoms with van der Waals surface area (Å²) in [6, 6.07) is 0. The summed E-state index contributed by atoms with van der Waals surface area (Å²) in [6.07, 6.45) is 3.97. The van der Waals surface area contributed by atoms with Gasteiger partial charge in [0.1, 0.15) is 5.67 Å². The summed E-state index contributed by atoms with van der Waals surface area (Å²) in [4.78, 5) is 7.03. The highest BCUT2D eigenvalue weighted by Crippen LogP contribution is 2.40. The largest absolute Gasteiger partial charge is 0.306 e. The van der Waals surface area contributed by atoms with Crippen LogP contribution in [-0.4, -0.2) is 80.3 Å². The Morgan fingerprint density at radius 1 is 0.842 bits per heavy atom. The summed E-state index contributed by atoms with van der Waals surface area (Å²) < 4.78 is 14.8. The molecule has 0 radical (unpaired) electrons. The van der Waals surface area contributed by atoms with Gasteiger partial charge >= 0.3 is 0 Å². The first-order valence-electron chi connectivity index (χ1n) is 7.77. The van der Waals surface area contributed by atoms with Gasteiger partial charge in [0.2, 0.25) is 0 Å². The minimum absolute atomic E-state index is 0.585. The Morgan fingerprint density at radius 2 is 1.42 bits per heavy atom. The van der Waals surface area contributed by atoms with Crippen molar-refractivity contribution < 1.29 is 4.39 Å². The van der Waals surface area contributed by atoms with E-state index in [1.54, 1.807) is 0 Å². The highest BCUT2D eigenvalue weighted by atomic mass is 19.1. The van der Waals surface area contributed by atoms with E-state index in [9.17, 15) is 4.39 Å². The summed E-state index contributed by atoms with van der Waals surface area (Å²) in [5.41, 5.74) is -0.338. The van der Waals surface area contributed by atoms with Crippen LogP contribution in [0.15, 0.2) is 0 Å². The fourth-order valence-corrected chi connectivity index (χ4v) is 4.18. The van der Waals surface area contributed by atoms with E-state index in [0.717, 1.165) is 26.2 Å². The molecule has 0 N–H and O–H groups in total. The number of hydrogen-bond acceptors (Lipinski definition) is 3. The van der Waals surface area contributed by atoms with Crippen LogP contribution in [0.5, 0.6) is 0 Å². The smallest absolute Gasteiger partial charge is 0.126 e. The van der Waals surface area contributed by atoms with Crippen LogP contribution in [-0.2, 0) is 0 Å². The van der Waals surface area contributed by atoms with Gasteiger partial charge in [-0.15, -0.1) is 0 Å². The Hall–Kier alpha value is -0.190. The Bertz CT molecular complexity index is 309. The molecule has 3 nitrogen and oxygen atoms in total. The van der Waals surface area contributed by atoms with E-state index >= 15 is 0 Å². The molecule has 0 amide bonds. The third kappa shape index (κ3) is 2.96. The van der Waals surface area contributed by atoms with Crippen molar-refractivity contribution >= 4 is 0 Å². The summed E-state index contributed by atoms with van der Waals surface area (Å²) in [5, 5.41) is 0. The first-order valence-corrected chi connectivity index (χ1v) is 7.77. The lowest BCUT2D eigenvalue weighted by Gasteiger charge is -2.53. The SMILES string of the molecule is CN1CCC(F)(CN2CCC3(CC2)CN(C)C3)CC1. The van der Waals surface area contributed by atoms with Crippen molar-refractivity contribution in [2.24, 2.45) is 5.41 Å². The van der Waals surface area contributed by atoms with Crippen LogP contribution in [0.1, 0.15) is 25.7 Å². The van der Waals surface area contributed by atoms with Gasteiger partial charge in [-0.2, -0.15) is 0 Å². The van der Waals surface area contributed by atoms with E-state index in [1.807, 2.05) is 0 Å². The summed E-state index contributed by atoms with van der Waals surface area (Å²) in [5.74, 6) is 0. The van der Waals surface area contributed by atoms with Crippen LogP contribution >= 0.6 is 0 Å². The van der Waals surface area contributed by atoms with Gasteiger partial charge in [0, 0.05) is 32.7 Å². The maximum absolute atomic E-state index is 14.8. The van der Waals surface area contributed by atoms with Crippen molar-refractivity contribution in [1.29, 1.82) is 0 Å². The zero-order chi connectivity index (χ0) is 13.5. The van der Waals surface area contributed by atoms with Crippen molar-refractivity contribution in [1.82, 2.24) is 14.7 Å². The number of nitrogens with zero attached hydrogens (tertiary/aromatic N) is 3. The maximum Gasteiger partial charge on any atom is 0.126 e. The lowest BCUT2D eigenvalue weighted by atomic mass is 9.72.